The van der Waals surface area contributed by atoms with Crippen LogP contribution in [0.25, 0.3) is 0 Å². The van der Waals surface area contributed by atoms with E-state index in [-0.39, 0.29) is 6.04 Å². The van der Waals surface area contributed by atoms with Gasteiger partial charge in [-0.05, 0) is 41.0 Å². The molecule has 5 heteroatoms. The van der Waals surface area contributed by atoms with Crippen LogP contribution in [0, 0.1) is 6.92 Å². The molecule has 2 aromatic heterocycles. The van der Waals surface area contributed by atoms with Crippen molar-refractivity contribution in [3.8, 4) is 0 Å². The van der Waals surface area contributed by atoms with Crippen molar-refractivity contribution < 1.29 is 0 Å². The van der Waals surface area contributed by atoms with E-state index in [0.29, 0.717) is 0 Å². The lowest BCUT2D eigenvalue weighted by Crippen LogP contribution is -2.21. The third-order valence-corrected chi connectivity index (χ3v) is 3.34. The van der Waals surface area contributed by atoms with Gasteiger partial charge < -0.3 is 5.32 Å². The van der Waals surface area contributed by atoms with Crippen LogP contribution in [0.15, 0.2) is 29.1 Å². The van der Waals surface area contributed by atoms with E-state index in [4.69, 9.17) is 0 Å². The third-order valence-electron chi connectivity index (χ3n) is 2.73. The predicted molar refractivity (Wildman–Crippen MR) is 70.8 cm³/mol. The maximum absolute atomic E-state index is 4.24. The summed E-state index contributed by atoms with van der Waals surface area (Å²) >= 11 is 3.53. The van der Waals surface area contributed by atoms with Crippen molar-refractivity contribution in [1.29, 1.82) is 0 Å². The first-order chi connectivity index (χ1) is 8.13. The standard InChI is InChI=1S/C12H15BrN4/c1-8-4-9(6-15-5-8)11(14-2)12-10(13)7-16-17(12)3/h4-7,11,14H,1-3H3. The van der Waals surface area contributed by atoms with Gasteiger partial charge in [-0.25, -0.2) is 0 Å². The van der Waals surface area contributed by atoms with Crippen LogP contribution in [0.2, 0.25) is 0 Å². The van der Waals surface area contributed by atoms with Crippen LogP contribution in [0.4, 0.5) is 0 Å². The third kappa shape index (κ3) is 2.40. The first kappa shape index (κ1) is 12.3. The Labute approximate surface area is 109 Å². The Kier molecular flexibility index (Phi) is 3.59. The van der Waals surface area contributed by atoms with Crippen molar-refractivity contribution in [3.05, 3.63) is 46.0 Å². The van der Waals surface area contributed by atoms with Gasteiger partial charge in [-0.15, -0.1) is 0 Å². The van der Waals surface area contributed by atoms with Crippen molar-refractivity contribution >= 4 is 15.9 Å². The quantitative estimate of drug-likeness (QED) is 0.944. The van der Waals surface area contributed by atoms with Gasteiger partial charge in [0.25, 0.3) is 0 Å². The van der Waals surface area contributed by atoms with E-state index in [1.54, 1.807) is 0 Å². The van der Waals surface area contributed by atoms with Gasteiger partial charge in [0.2, 0.25) is 0 Å². The first-order valence-electron chi connectivity index (χ1n) is 5.39. The van der Waals surface area contributed by atoms with Crippen molar-refractivity contribution in [3.63, 3.8) is 0 Å². The molecule has 17 heavy (non-hydrogen) atoms. The maximum Gasteiger partial charge on any atom is 0.0772 e. The summed E-state index contributed by atoms with van der Waals surface area (Å²) in [6.07, 6.45) is 5.55. The minimum atomic E-state index is 0.0873. The molecule has 0 aliphatic carbocycles. The molecule has 0 radical (unpaired) electrons. The first-order valence-corrected chi connectivity index (χ1v) is 6.19. The second-order valence-corrected chi connectivity index (χ2v) is 4.87. The number of halogens is 1. The predicted octanol–water partition coefficient (Wildman–Crippen LogP) is 2.19. The van der Waals surface area contributed by atoms with Crippen LogP contribution in [0.3, 0.4) is 0 Å². The van der Waals surface area contributed by atoms with E-state index in [1.807, 2.05) is 44.3 Å². The Bertz CT molecular complexity index is 501. The summed E-state index contributed by atoms with van der Waals surface area (Å²) < 4.78 is 2.87. The summed E-state index contributed by atoms with van der Waals surface area (Å²) in [5.41, 5.74) is 3.39. The van der Waals surface area contributed by atoms with Crippen LogP contribution >= 0.6 is 15.9 Å². The zero-order valence-electron chi connectivity index (χ0n) is 10.1. The van der Waals surface area contributed by atoms with Gasteiger partial charge in [0.15, 0.2) is 0 Å². The Morgan fingerprint density at radius 2 is 2.12 bits per heavy atom. The molecule has 2 rings (SSSR count). The van der Waals surface area contributed by atoms with Gasteiger partial charge >= 0.3 is 0 Å². The van der Waals surface area contributed by atoms with Gasteiger partial charge in [-0.3, -0.25) is 9.67 Å². The zero-order chi connectivity index (χ0) is 12.4. The molecule has 0 bridgehead atoms. The van der Waals surface area contributed by atoms with Crippen molar-refractivity contribution in [2.24, 2.45) is 7.05 Å². The average Bonchev–Trinajstić information content (AvgIpc) is 2.62. The Morgan fingerprint density at radius 3 is 2.65 bits per heavy atom. The molecule has 2 aromatic rings. The Balaban J connectivity index is 2.47. The molecule has 1 atom stereocenters. The largest absolute Gasteiger partial charge is 0.308 e. The Morgan fingerprint density at radius 1 is 1.35 bits per heavy atom. The number of aryl methyl sites for hydroxylation is 2. The second kappa shape index (κ2) is 4.98. The lowest BCUT2D eigenvalue weighted by atomic mass is 10.0. The molecule has 1 N–H and O–H groups in total. The number of hydrogen-bond donors (Lipinski definition) is 1. The molecule has 2 heterocycles. The van der Waals surface area contributed by atoms with E-state index >= 15 is 0 Å². The number of nitrogens with one attached hydrogen (secondary N) is 1. The highest BCUT2D eigenvalue weighted by Crippen LogP contribution is 2.27. The second-order valence-electron chi connectivity index (χ2n) is 4.02. The lowest BCUT2D eigenvalue weighted by Gasteiger charge is -2.17. The zero-order valence-corrected chi connectivity index (χ0v) is 11.7. The fourth-order valence-corrected chi connectivity index (χ4v) is 2.52. The smallest absolute Gasteiger partial charge is 0.0772 e. The summed E-state index contributed by atoms with van der Waals surface area (Å²) in [7, 11) is 3.88. The highest BCUT2D eigenvalue weighted by Gasteiger charge is 2.19. The van der Waals surface area contributed by atoms with Crippen molar-refractivity contribution in [2.75, 3.05) is 7.05 Å². The average molecular weight is 295 g/mol. The monoisotopic (exact) mass is 294 g/mol. The van der Waals surface area contributed by atoms with Gasteiger partial charge in [-0.2, -0.15) is 5.10 Å². The Hall–Kier alpha value is -1.20. The molecular formula is C12H15BrN4. The molecule has 0 saturated heterocycles. The summed E-state index contributed by atoms with van der Waals surface area (Å²) in [5.74, 6) is 0. The summed E-state index contributed by atoms with van der Waals surface area (Å²) in [6.45, 7) is 2.04. The number of hydrogen-bond acceptors (Lipinski definition) is 3. The number of rotatable bonds is 3. The molecule has 1 unspecified atom stereocenters. The summed E-state index contributed by atoms with van der Waals surface area (Å²) in [5, 5.41) is 7.54. The number of nitrogens with zero attached hydrogens (tertiary/aromatic N) is 3. The van der Waals surface area contributed by atoms with Crippen LogP contribution in [0.1, 0.15) is 22.9 Å². The molecule has 0 aliphatic heterocycles. The lowest BCUT2D eigenvalue weighted by molar-refractivity contribution is 0.602. The molecule has 90 valence electrons. The molecule has 0 amide bonds. The van der Waals surface area contributed by atoms with E-state index < -0.39 is 0 Å². The van der Waals surface area contributed by atoms with Crippen LogP contribution < -0.4 is 5.32 Å². The van der Waals surface area contributed by atoms with Crippen LogP contribution in [0.5, 0.6) is 0 Å². The van der Waals surface area contributed by atoms with Crippen molar-refractivity contribution in [2.45, 2.75) is 13.0 Å². The van der Waals surface area contributed by atoms with E-state index in [9.17, 15) is 0 Å². The van der Waals surface area contributed by atoms with Gasteiger partial charge in [0, 0.05) is 19.4 Å². The van der Waals surface area contributed by atoms with E-state index in [2.05, 4.69) is 37.4 Å². The highest BCUT2D eigenvalue weighted by atomic mass is 79.9. The summed E-state index contributed by atoms with van der Waals surface area (Å²) in [4.78, 5) is 4.24. The minimum absolute atomic E-state index is 0.0873. The molecule has 0 aromatic carbocycles. The van der Waals surface area contributed by atoms with E-state index in [1.165, 1.54) is 0 Å². The molecule has 0 saturated carbocycles. The van der Waals surface area contributed by atoms with Crippen LogP contribution in [-0.4, -0.2) is 21.8 Å². The number of aromatic nitrogens is 3. The van der Waals surface area contributed by atoms with Gasteiger partial charge in [-0.1, -0.05) is 6.07 Å². The minimum Gasteiger partial charge on any atom is -0.308 e. The fraction of sp³-hybridized carbons (Fsp3) is 0.333. The number of pyridine rings is 1. The normalized spacial score (nSPS) is 12.7. The van der Waals surface area contributed by atoms with Gasteiger partial charge in [0.1, 0.15) is 0 Å². The SMILES string of the molecule is CNC(c1cncc(C)c1)c1c(Br)cnn1C. The highest BCUT2D eigenvalue weighted by molar-refractivity contribution is 9.10. The van der Waals surface area contributed by atoms with Gasteiger partial charge in [0.05, 0.1) is 22.4 Å². The van der Waals surface area contributed by atoms with Crippen molar-refractivity contribution in [1.82, 2.24) is 20.1 Å². The molecule has 4 nitrogen and oxygen atoms in total. The van der Waals surface area contributed by atoms with Crippen LogP contribution in [-0.2, 0) is 7.05 Å². The van der Waals surface area contributed by atoms with E-state index in [0.717, 1.165) is 21.3 Å². The molecule has 0 aliphatic rings. The molecular weight excluding hydrogens is 280 g/mol. The molecule has 0 fully saturated rings. The molecule has 0 spiro atoms. The fourth-order valence-electron chi connectivity index (χ4n) is 1.94. The maximum atomic E-state index is 4.24. The topological polar surface area (TPSA) is 42.7 Å². The summed E-state index contributed by atoms with van der Waals surface area (Å²) in [6, 6.07) is 2.22.